The first-order chi connectivity index (χ1) is 7.70. The molecule has 1 rings (SSSR count). The third kappa shape index (κ3) is 4.60. The van der Waals surface area contributed by atoms with Crippen molar-refractivity contribution in [3.05, 3.63) is 32.2 Å². The molecular formula is C11H12Br2F3N. The van der Waals surface area contributed by atoms with Crippen molar-refractivity contribution in [2.45, 2.75) is 32.0 Å². The zero-order valence-electron chi connectivity index (χ0n) is 9.11. The fraction of sp³-hybridized carbons (Fsp3) is 0.455. The van der Waals surface area contributed by atoms with E-state index >= 15 is 0 Å². The van der Waals surface area contributed by atoms with Crippen LogP contribution in [-0.4, -0.2) is 6.18 Å². The van der Waals surface area contributed by atoms with Gasteiger partial charge < -0.3 is 5.73 Å². The van der Waals surface area contributed by atoms with Crippen molar-refractivity contribution in [1.82, 2.24) is 0 Å². The summed E-state index contributed by atoms with van der Waals surface area (Å²) < 4.78 is 37.9. The Balaban J connectivity index is 2.82. The van der Waals surface area contributed by atoms with E-state index < -0.39 is 18.6 Å². The van der Waals surface area contributed by atoms with Crippen LogP contribution in [-0.2, 0) is 0 Å². The third-order valence-corrected chi connectivity index (χ3v) is 3.96. The number of alkyl halides is 3. The van der Waals surface area contributed by atoms with Gasteiger partial charge in [-0.1, -0.05) is 31.9 Å². The maximum absolute atomic E-state index is 12.1. The minimum atomic E-state index is -4.16. The molecule has 0 aliphatic heterocycles. The van der Waals surface area contributed by atoms with Gasteiger partial charge >= 0.3 is 6.18 Å². The molecule has 0 spiro atoms. The van der Waals surface area contributed by atoms with Gasteiger partial charge in [-0.3, -0.25) is 0 Å². The first-order valence-electron chi connectivity index (χ1n) is 4.98. The van der Waals surface area contributed by atoms with Gasteiger partial charge in [-0.2, -0.15) is 13.2 Å². The predicted octanol–water partition coefficient (Wildman–Crippen LogP) is 4.86. The van der Waals surface area contributed by atoms with Crippen LogP contribution in [0.5, 0.6) is 0 Å². The SMILES string of the molecule is Cc1cc(Br)c(C(N)CCC(F)(F)F)cc1Br. The van der Waals surface area contributed by atoms with E-state index in [9.17, 15) is 13.2 Å². The topological polar surface area (TPSA) is 26.0 Å². The highest BCUT2D eigenvalue weighted by molar-refractivity contribution is 9.11. The molecule has 96 valence electrons. The van der Waals surface area contributed by atoms with Crippen LogP contribution in [0.4, 0.5) is 13.2 Å². The number of rotatable bonds is 3. The predicted molar refractivity (Wildman–Crippen MR) is 68.8 cm³/mol. The van der Waals surface area contributed by atoms with Gasteiger partial charge in [0.1, 0.15) is 0 Å². The highest BCUT2D eigenvalue weighted by atomic mass is 79.9. The molecular weight excluding hydrogens is 363 g/mol. The maximum Gasteiger partial charge on any atom is 0.389 e. The molecule has 0 heterocycles. The van der Waals surface area contributed by atoms with Crippen LogP contribution < -0.4 is 5.73 Å². The molecule has 0 fully saturated rings. The number of hydrogen-bond acceptors (Lipinski definition) is 1. The Hall–Kier alpha value is -0.0700. The minimum absolute atomic E-state index is 0.113. The Morgan fingerprint density at radius 2 is 1.82 bits per heavy atom. The van der Waals surface area contributed by atoms with E-state index in [2.05, 4.69) is 31.9 Å². The average molecular weight is 375 g/mol. The van der Waals surface area contributed by atoms with E-state index in [1.807, 2.05) is 13.0 Å². The third-order valence-electron chi connectivity index (χ3n) is 2.42. The molecule has 0 aromatic heterocycles. The summed E-state index contributed by atoms with van der Waals surface area (Å²) in [6.07, 6.45) is -5.14. The van der Waals surface area contributed by atoms with Crippen LogP contribution in [0.15, 0.2) is 21.1 Å². The lowest BCUT2D eigenvalue weighted by molar-refractivity contribution is -0.136. The van der Waals surface area contributed by atoms with Gasteiger partial charge in [-0.15, -0.1) is 0 Å². The Morgan fingerprint density at radius 1 is 1.24 bits per heavy atom. The molecule has 6 heteroatoms. The van der Waals surface area contributed by atoms with Crippen LogP contribution >= 0.6 is 31.9 Å². The first kappa shape index (κ1) is 15.0. The number of nitrogens with two attached hydrogens (primary N) is 1. The zero-order chi connectivity index (χ0) is 13.2. The summed E-state index contributed by atoms with van der Waals surface area (Å²) in [5, 5.41) is 0. The normalized spacial score (nSPS) is 13.8. The summed E-state index contributed by atoms with van der Waals surface area (Å²) in [5.74, 6) is 0. The fourth-order valence-corrected chi connectivity index (χ4v) is 2.53. The average Bonchev–Trinajstić information content (AvgIpc) is 2.19. The molecule has 1 aromatic rings. The van der Waals surface area contributed by atoms with Crippen LogP contribution in [0, 0.1) is 6.92 Å². The summed E-state index contributed by atoms with van der Waals surface area (Å²) in [6, 6.07) is 2.98. The van der Waals surface area contributed by atoms with Crippen molar-refractivity contribution in [2.24, 2.45) is 5.73 Å². The summed E-state index contributed by atoms with van der Waals surface area (Å²) in [5.41, 5.74) is 7.46. The molecule has 0 aliphatic carbocycles. The second kappa shape index (κ2) is 5.71. The second-order valence-corrected chi connectivity index (χ2v) is 5.59. The summed E-state index contributed by atoms with van der Waals surface area (Å²) >= 11 is 6.66. The van der Waals surface area contributed by atoms with Crippen molar-refractivity contribution >= 4 is 31.9 Å². The summed E-state index contributed by atoms with van der Waals surface area (Å²) in [4.78, 5) is 0. The van der Waals surface area contributed by atoms with E-state index in [0.29, 0.717) is 5.56 Å². The van der Waals surface area contributed by atoms with E-state index in [1.165, 1.54) is 0 Å². The van der Waals surface area contributed by atoms with Crippen molar-refractivity contribution in [3.8, 4) is 0 Å². The molecule has 2 N–H and O–H groups in total. The van der Waals surface area contributed by atoms with Crippen LogP contribution in [0.2, 0.25) is 0 Å². The monoisotopic (exact) mass is 373 g/mol. The largest absolute Gasteiger partial charge is 0.389 e. The summed E-state index contributed by atoms with van der Waals surface area (Å²) in [6.45, 7) is 1.90. The number of benzene rings is 1. The first-order valence-corrected chi connectivity index (χ1v) is 6.57. The van der Waals surface area contributed by atoms with Gasteiger partial charge in [-0.25, -0.2) is 0 Å². The van der Waals surface area contributed by atoms with Gasteiger partial charge in [0.2, 0.25) is 0 Å². The molecule has 1 nitrogen and oxygen atoms in total. The van der Waals surface area contributed by atoms with E-state index in [4.69, 9.17) is 5.73 Å². The maximum atomic E-state index is 12.1. The lowest BCUT2D eigenvalue weighted by Crippen LogP contribution is -2.16. The molecule has 0 amide bonds. The highest BCUT2D eigenvalue weighted by Crippen LogP contribution is 2.32. The lowest BCUT2D eigenvalue weighted by atomic mass is 10.0. The molecule has 1 unspecified atom stereocenters. The van der Waals surface area contributed by atoms with Gasteiger partial charge in [0.25, 0.3) is 0 Å². The second-order valence-electron chi connectivity index (χ2n) is 3.88. The number of halogens is 5. The lowest BCUT2D eigenvalue weighted by Gasteiger charge is -2.16. The van der Waals surface area contributed by atoms with Gasteiger partial charge in [0.05, 0.1) is 0 Å². The molecule has 0 aliphatic rings. The molecule has 1 aromatic carbocycles. The molecule has 0 saturated heterocycles. The number of hydrogen-bond donors (Lipinski definition) is 1. The van der Waals surface area contributed by atoms with E-state index in [0.717, 1.165) is 14.5 Å². The standard InChI is InChI=1S/C11H12Br2F3N/c1-6-4-9(13)7(5-8(6)12)10(17)2-3-11(14,15)16/h4-5,10H,2-3,17H2,1H3. The number of aryl methyl sites for hydroxylation is 1. The molecule has 0 radical (unpaired) electrons. The van der Waals surface area contributed by atoms with Gasteiger partial charge in [-0.05, 0) is 36.6 Å². The van der Waals surface area contributed by atoms with E-state index in [1.54, 1.807) is 6.07 Å². The Kier molecular flexibility index (Phi) is 5.04. The molecule has 0 saturated carbocycles. The molecule has 17 heavy (non-hydrogen) atoms. The van der Waals surface area contributed by atoms with Gasteiger partial charge in [0, 0.05) is 21.4 Å². The smallest absolute Gasteiger partial charge is 0.324 e. The molecule has 0 bridgehead atoms. The minimum Gasteiger partial charge on any atom is -0.324 e. The van der Waals surface area contributed by atoms with Crippen molar-refractivity contribution in [1.29, 1.82) is 0 Å². The highest BCUT2D eigenvalue weighted by Gasteiger charge is 2.28. The zero-order valence-corrected chi connectivity index (χ0v) is 12.3. The summed E-state index contributed by atoms with van der Waals surface area (Å²) in [7, 11) is 0. The Labute approximate surface area is 115 Å². The van der Waals surface area contributed by atoms with Crippen molar-refractivity contribution in [3.63, 3.8) is 0 Å². The van der Waals surface area contributed by atoms with Gasteiger partial charge in [0.15, 0.2) is 0 Å². The quantitative estimate of drug-likeness (QED) is 0.803. The fourth-order valence-electron chi connectivity index (χ4n) is 1.42. The van der Waals surface area contributed by atoms with Crippen molar-refractivity contribution in [2.75, 3.05) is 0 Å². The van der Waals surface area contributed by atoms with Crippen LogP contribution in [0.3, 0.4) is 0 Å². The molecule has 1 atom stereocenters. The van der Waals surface area contributed by atoms with Crippen LogP contribution in [0.1, 0.15) is 30.0 Å². The Bertz CT molecular complexity index is 404. The van der Waals surface area contributed by atoms with E-state index in [-0.39, 0.29) is 6.42 Å². The van der Waals surface area contributed by atoms with Crippen LogP contribution in [0.25, 0.3) is 0 Å². The Morgan fingerprint density at radius 3 is 2.35 bits per heavy atom. The van der Waals surface area contributed by atoms with Crippen molar-refractivity contribution < 1.29 is 13.2 Å².